The Bertz CT molecular complexity index is 565. The second-order valence-corrected chi connectivity index (χ2v) is 5.68. The third-order valence-electron chi connectivity index (χ3n) is 3.59. The molecule has 3 rings (SSSR count). The minimum absolute atomic E-state index is 0.456. The second kappa shape index (κ2) is 4.15. The van der Waals surface area contributed by atoms with Crippen molar-refractivity contribution in [3.8, 4) is 0 Å². The largest absolute Gasteiger partial charge is 0.477 e. The Balaban J connectivity index is 2.24. The van der Waals surface area contributed by atoms with Gasteiger partial charge in [0.1, 0.15) is 4.88 Å². The van der Waals surface area contributed by atoms with Gasteiger partial charge in [-0.15, -0.1) is 11.3 Å². The van der Waals surface area contributed by atoms with E-state index in [4.69, 9.17) is 0 Å². The van der Waals surface area contributed by atoms with Crippen LogP contribution in [0.25, 0.3) is 10.1 Å². The zero-order valence-electron chi connectivity index (χ0n) is 9.48. The first kappa shape index (κ1) is 10.8. The van der Waals surface area contributed by atoms with Gasteiger partial charge in [0.25, 0.3) is 0 Å². The Labute approximate surface area is 104 Å². The molecular formula is C14H14O2S. The molecule has 0 amide bonds. The summed E-state index contributed by atoms with van der Waals surface area (Å²) in [6.45, 7) is 0. The van der Waals surface area contributed by atoms with Crippen LogP contribution in [-0.4, -0.2) is 11.1 Å². The van der Waals surface area contributed by atoms with Crippen LogP contribution in [-0.2, 0) is 0 Å². The number of thiophene rings is 1. The first-order valence-corrected chi connectivity index (χ1v) is 6.83. The molecule has 1 fully saturated rings. The Morgan fingerprint density at radius 1 is 1.24 bits per heavy atom. The lowest BCUT2D eigenvalue weighted by Gasteiger charge is -2.09. The van der Waals surface area contributed by atoms with Crippen molar-refractivity contribution in [2.75, 3.05) is 0 Å². The first-order chi connectivity index (χ1) is 8.27. The average Bonchev–Trinajstić information content (AvgIpc) is 2.94. The van der Waals surface area contributed by atoms with Gasteiger partial charge in [-0.2, -0.15) is 0 Å². The molecule has 1 aliphatic carbocycles. The van der Waals surface area contributed by atoms with Gasteiger partial charge in [-0.05, 0) is 35.8 Å². The highest BCUT2D eigenvalue weighted by molar-refractivity contribution is 7.21. The molecule has 1 aliphatic rings. The van der Waals surface area contributed by atoms with Crippen LogP contribution in [0, 0.1) is 0 Å². The molecule has 88 valence electrons. The van der Waals surface area contributed by atoms with Crippen LogP contribution in [0.4, 0.5) is 0 Å². The van der Waals surface area contributed by atoms with Gasteiger partial charge in [0.2, 0.25) is 0 Å². The Hall–Kier alpha value is -1.35. The van der Waals surface area contributed by atoms with Crippen LogP contribution in [0.1, 0.15) is 46.8 Å². The summed E-state index contributed by atoms with van der Waals surface area (Å²) in [7, 11) is 0. The summed E-state index contributed by atoms with van der Waals surface area (Å²) in [4.78, 5) is 11.9. The van der Waals surface area contributed by atoms with E-state index in [0.717, 1.165) is 28.5 Å². The predicted molar refractivity (Wildman–Crippen MR) is 70.0 cm³/mol. The third-order valence-corrected chi connectivity index (χ3v) is 4.77. The van der Waals surface area contributed by atoms with Gasteiger partial charge in [-0.25, -0.2) is 4.79 Å². The standard InChI is InChI=1S/C14H14O2S/c15-14(16)13-12(9-5-1-2-6-9)10-7-3-4-8-11(10)17-13/h3-4,7-9H,1-2,5-6H2,(H,15,16). The van der Waals surface area contributed by atoms with Gasteiger partial charge < -0.3 is 5.11 Å². The molecule has 0 unspecified atom stereocenters. The first-order valence-electron chi connectivity index (χ1n) is 6.02. The number of aromatic carboxylic acids is 1. The lowest BCUT2D eigenvalue weighted by Crippen LogP contribution is -2.01. The number of rotatable bonds is 2. The summed E-state index contributed by atoms with van der Waals surface area (Å²) < 4.78 is 1.10. The van der Waals surface area contributed by atoms with E-state index in [1.807, 2.05) is 18.2 Å². The summed E-state index contributed by atoms with van der Waals surface area (Å²) in [6.07, 6.45) is 4.74. The average molecular weight is 246 g/mol. The normalized spacial score (nSPS) is 16.7. The van der Waals surface area contributed by atoms with Gasteiger partial charge in [-0.3, -0.25) is 0 Å². The highest BCUT2D eigenvalue weighted by Gasteiger charge is 2.26. The monoisotopic (exact) mass is 246 g/mol. The Morgan fingerprint density at radius 3 is 2.65 bits per heavy atom. The van der Waals surface area contributed by atoms with Crippen molar-refractivity contribution in [3.05, 3.63) is 34.7 Å². The highest BCUT2D eigenvalue weighted by Crippen LogP contribution is 2.43. The van der Waals surface area contributed by atoms with Gasteiger partial charge in [-0.1, -0.05) is 31.0 Å². The van der Waals surface area contributed by atoms with E-state index in [1.165, 1.54) is 24.2 Å². The second-order valence-electron chi connectivity index (χ2n) is 4.63. The molecule has 1 saturated carbocycles. The molecule has 0 saturated heterocycles. The maximum absolute atomic E-state index is 11.4. The van der Waals surface area contributed by atoms with Crippen molar-refractivity contribution in [2.45, 2.75) is 31.6 Å². The van der Waals surface area contributed by atoms with Gasteiger partial charge >= 0.3 is 5.97 Å². The zero-order chi connectivity index (χ0) is 11.8. The van der Waals surface area contributed by atoms with Crippen molar-refractivity contribution in [3.63, 3.8) is 0 Å². The molecule has 2 nitrogen and oxygen atoms in total. The molecule has 0 atom stereocenters. The summed E-state index contributed by atoms with van der Waals surface area (Å²) in [5, 5.41) is 10.5. The SMILES string of the molecule is O=C(O)c1sc2ccccc2c1C1CCCC1. The summed E-state index contributed by atoms with van der Waals surface area (Å²) in [5.41, 5.74) is 1.09. The predicted octanol–water partition coefficient (Wildman–Crippen LogP) is 4.26. The van der Waals surface area contributed by atoms with E-state index in [-0.39, 0.29) is 0 Å². The van der Waals surface area contributed by atoms with Crippen molar-refractivity contribution >= 4 is 27.4 Å². The molecule has 3 heteroatoms. The maximum Gasteiger partial charge on any atom is 0.346 e. The van der Waals surface area contributed by atoms with Crippen LogP contribution in [0.3, 0.4) is 0 Å². The van der Waals surface area contributed by atoms with Gasteiger partial charge in [0, 0.05) is 4.70 Å². The van der Waals surface area contributed by atoms with E-state index in [0.29, 0.717) is 10.8 Å². The summed E-state index contributed by atoms with van der Waals surface area (Å²) >= 11 is 1.42. The van der Waals surface area contributed by atoms with Crippen molar-refractivity contribution in [1.82, 2.24) is 0 Å². The molecule has 1 N–H and O–H groups in total. The molecule has 1 aromatic heterocycles. The van der Waals surface area contributed by atoms with Crippen LogP contribution < -0.4 is 0 Å². The lowest BCUT2D eigenvalue weighted by molar-refractivity contribution is 0.0700. The van der Waals surface area contributed by atoms with E-state index < -0.39 is 5.97 Å². The smallest absolute Gasteiger partial charge is 0.346 e. The van der Waals surface area contributed by atoms with Crippen LogP contribution >= 0.6 is 11.3 Å². The van der Waals surface area contributed by atoms with E-state index >= 15 is 0 Å². The number of carboxylic acids is 1. The molecule has 0 radical (unpaired) electrons. The van der Waals surface area contributed by atoms with Gasteiger partial charge in [0.05, 0.1) is 0 Å². The number of carbonyl (C=O) groups is 1. The fraction of sp³-hybridized carbons (Fsp3) is 0.357. The molecule has 0 aliphatic heterocycles. The molecule has 0 bridgehead atoms. The minimum atomic E-state index is -0.770. The fourth-order valence-corrected chi connectivity index (χ4v) is 3.97. The topological polar surface area (TPSA) is 37.3 Å². The van der Waals surface area contributed by atoms with Crippen LogP contribution in [0.5, 0.6) is 0 Å². The maximum atomic E-state index is 11.4. The number of carboxylic acid groups (broad SMARTS) is 1. The van der Waals surface area contributed by atoms with E-state index in [1.54, 1.807) is 0 Å². The molecule has 2 aromatic rings. The van der Waals surface area contributed by atoms with Crippen molar-refractivity contribution in [1.29, 1.82) is 0 Å². The Morgan fingerprint density at radius 2 is 1.94 bits per heavy atom. The molecule has 1 heterocycles. The number of hydrogen-bond acceptors (Lipinski definition) is 2. The number of fused-ring (bicyclic) bond motifs is 1. The van der Waals surface area contributed by atoms with Crippen molar-refractivity contribution in [2.24, 2.45) is 0 Å². The molecule has 17 heavy (non-hydrogen) atoms. The van der Waals surface area contributed by atoms with Crippen molar-refractivity contribution < 1.29 is 9.90 Å². The molecule has 1 aromatic carbocycles. The Kier molecular flexibility index (Phi) is 2.63. The quantitative estimate of drug-likeness (QED) is 0.859. The van der Waals surface area contributed by atoms with E-state index in [9.17, 15) is 9.90 Å². The zero-order valence-corrected chi connectivity index (χ0v) is 10.3. The van der Waals surface area contributed by atoms with Gasteiger partial charge in [0.15, 0.2) is 0 Å². The lowest BCUT2D eigenvalue weighted by atomic mass is 9.94. The number of hydrogen-bond donors (Lipinski definition) is 1. The number of benzene rings is 1. The molecular weight excluding hydrogens is 232 g/mol. The third kappa shape index (κ3) is 1.75. The minimum Gasteiger partial charge on any atom is -0.477 e. The van der Waals surface area contributed by atoms with E-state index in [2.05, 4.69) is 6.07 Å². The summed E-state index contributed by atoms with van der Waals surface area (Å²) in [6, 6.07) is 8.05. The highest BCUT2D eigenvalue weighted by atomic mass is 32.1. The fourth-order valence-electron chi connectivity index (χ4n) is 2.84. The van der Waals surface area contributed by atoms with Crippen LogP contribution in [0.15, 0.2) is 24.3 Å². The van der Waals surface area contributed by atoms with Crippen LogP contribution in [0.2, 0.25) is 0 Å². The summed E-state index contributed by atoms with van der Waals surface area (Å²) in [5.74, 6) is -0.314. The molecule has 0 spiro atoms.